The summed E-state index contributed by atoms with van der Waals surface area (Å²) in [4.78, 5) is 25.8. The lowest BCUT2D eigenvalue weighted by molar-refractivity contribution is -0.145. The van der Waals surface area contributed by atoms with Crippen LogP contribution in [0, 0.1) is 50.2 Å². The third-order valence-electron chi connectivity index (χ3n) is 7.11. The van der Waals surface area contributed by atoms with Gasteiger partial charge in [0.1, 0.15) is 0 Å². The number of rotatable bonds is 5. The predicted molar refractivity (Wildman–Crippen MR) is 118 cm³/mol. The normalized spacial score (nSPS) is 28.8. The molecule has 2 N–H and O–H groups in total. The van der Waals surface area contributed by atoms with E-state index in [2.05, 4.69) is 0 Å². The molecule has 1 unspecified atom stereocenters. The first-order valence-corrected chi connectivity index (χ1v) is 10.9. The van der Waals surface area contributed by atoms with Gasteiger partial charge >= 0.3 is 5.97 Å². The third-order valence-corrected chi connectivity index (χ3v) is 7.11. The zero-order valence-corrected chi connectivity index (χ0v) is 18.8. The van der Waals surface area contributed by atoms with Crippen molar-refractivity contribution in [1.82, 2.24) is 0 Å². The van der Waals surface area contributed by atoms with Crippen LogP contribution >= 0.6 is 0 Å². The SMILES string of the molecule is Cc1cc(C)c(C(=CO)C(=O)[C@@H]2[C@@H]3OC([C@H]2C)[C@@H](C(=O)O)[C@H]3c2ccc(F)c(F)c2)c(C)c1. The lowest BCUT2D eigenvalue weighted by Gasteiger charge is -2.34. The molecule has 0 spiro atoms. The van der Waals surface area contributed by atoms with Crippen LogP contribution in [0.5, 0.6) is 0 Å². The summed E-state index contributed by atoms with van der Waals surface area (Å²) in [6, 6.07) is 7.11. The molecule has 2 aliphatic rings. The minimum absolute atomic E-state index is 0.133. The summed E-state index contributed by atoms with van der Waals surface area (Å²) in [5.74, 6) is -6.60. The molecule has 7 heteroatoms. The second kappa shape index (κ2) is 8.37. The number of carbonyl (C=O) groups is 2. The maximum atomic E-state index is 14.0. The van der Waals surface area contributed by atoms with E-state index in [0.717, 1.165) is 35.1 Å². The Morgan fingerprint density at radius 2 is 1.61 bits per heavy atom. The minimum Gasteiger partial charge on any atom is -0.515 e. The van der Waals surface area contributed by atoms with E-state index in [1.165, 1.54) is 6.07 Å². The van der Waals surface area contributed by atoms with Crippen LogP contribution in [-0.4, -0.2) is 34.2 Å². The first-order chi connectivity index (χ1) is 15.6. The summed E-state index contributed by atoms with van der Waals surface area (Å²) in [6.07, 6.45) is -0.809. The highest BCUT2D eigenvalue weighted by molar-refractivity contribution is 6.22. The van der Waals surface area contributed by atoms with E-state index in [1.54, 1.807) is 6.92 Å². The van der Waals surface area contributed by atoms with Gasteiger partial charge in [-0.25, -0.2) is 8.78 Å². The number of halogens is 2. The van der Waals surface area contributed by atoms with Gasteiger partial charge in [-0.05, 0) is 61.1 Å². The highest BCUT2D eigenvalue weighted by Gasteiger charge is 2.63. The smallest absolute Gasteiger partial charge is 0.309 e. The molecular formula is C26H26F2O5. The number of Topliss-reactive ketones (excluding diaryl/α,β-unsaturated/α-hetero) is 1. The first-order valence-electron chi connectivity index (χ1n) is 10.9. The number of hydrogen-bond donors (Lipinski definition) is 2. The molecule has 0 amide bonds. The van der Waals surface area contributed by atoms with Crippen molar-refractivity contribution in [1.29, 1.82) is 0 Å². The van der Waals surface area contributed by atoms with Gasteiger partial charge in [0.05, 0.1) is 35.9 Å². The molecule has 2 fully saturated rings. The Balaban J connectivity index is 1.76. The van der Waals surface area contributed by atoms with Gasteiger partial charge in [0.15, 0.2) is 17.4 Å². The number of carboxylic acid groups (broad SMARTS) is 1. The standard InChI is InChI=1S/C26H26F2O5/c1-11-7-12(2)19(13(3)8-11)16(10-29)23(30)20-14(4)24-22(26(31)32)21(25(20)33-24)15-5-6-17(27)18(28)9-15/h5-10,14,20-22,24-25,29H,1-4H3,(H,31,32)/t14-,20+,21+,22-,24?,25-/m0/s1. The number of aryl methyl sites for hydroxylation is 3. The van der Waals surface area contributed by atoms with Gasteiger partial charge in [-0.2, -0.15) is 0 Å². The lowest BCUT2D eigenvalue weighted by atomic mass is 9.64. The Morgan fingerprint density at radius 3 is 2.15 bits per heavy atom. The molecule has 0 aliphatic carbocycles. The number of fused-ring (bicyclic) bond motifs is 2. The number of allylic oxidation sites excluding steroid dienone is 1. The number of ether oxygens (including phenoxy) is 1. The van der Waals surface area contributed by atoms with E-state index in [0.29, 0.717) is 5.56 Å². The minimum atomic E-state index is -1.11. The Morgan fingerprint density at radius 1 is 0.970 bits per heavy atom. The van der Waals surface area contributed by atoms with Gasteiger partial charge in [0.2, 0.25) is 0 Å². The first kappa shape index (κ1) is 23.1. The Labute approximate surface area is 190 Å². The van der Waals surface area contributed by atoms with Crippen LogP contribution in [0.1, 0.15) is 40.7 Å². The van der Waals surface area contributed by atoms with Gasteiger partial charge in [-0.15, -0.1) is 0 Å². The van der Waals surface area contributed by atoms with Crippen LogP contribution in [-0.2, 0) is 14.3 Å². The fourth-order valence-electron chi connectivity index (χ4n) is 5.86. The number of aliphatic hydroxyl groups is 1. The van der Waals surface area contributed by atoms with Crippen LogP contribution < -0.4 is 0 Å². The molecule has 174 valence electrons. The number of ketones is 1. The Hall–Kier alpha value is -3.06. The molecule has 0 aromatic heterocycles. The largest absolute Gasteiger partial charge is 0.515 e. The zero-order valence-electron chi connectivity index (χ0n) is 18.8. The molecule has 2 aromatic rings. The predicted octanol–water partition coefficient (Wildman–Crippen LogP) is 4.88. The van der Waals surface area contributed by atoms with Crippen LogP contribution in [0.3, 0.4) is 0 Å². The van der Waals surface area contributed by atoms with Gasteiger partial charge in [-0.1, -0.05) is 30.7 Å². The Kier molecular flexibility index (Phi) is 5.86. The summed E-state index contributed by atoms with van der Waals surface area (Å²) >= 11 is 0. The molecule has 4 rings (SSSR count). The summed E-state index contributed by atoms with van der Waals surface area (Å²) in [7, 11) is 0. The summed E-state index contributed by atoms with van der Waals surface area (Å²) in [5.41, 5.74) is 3.72. The van der Waals surface area contributed by atoms with Crippen molar-refractivity contribution in [3.8, 4) is 0 Å². The molecule has 2 heterocycles. The quantitative estimate of drug-likeness (QED) is 0.495. The van der Waals surface area contributed by atoms with Gasteiger partial charge < -0.3 is 14.9 Å². The van der Waals surface area contributed by atoms with Crippen molar-refractivity contribution in [2.45, 2.75) is 45.8 Å². The van der Waals surface area contributed by atoms with E-state index >= 15 is 0 Å². The van der Waals surface area contributed by atoms with Crippen molar-refractivity contribution in [2.75, 3.05) is 0 Å². The molecule has 2 aromatic carbocycles. The highest BCUT2D eigenvalue weighted by atomic mass is 19.2. The number of aliphatic carboxylic acids is 1. The van der Waals surface area contributed by atoms with Crippen molar-refractivity contribution >= 4 is 17.3 Å². The van der Waals surface area contributed by atoms with Crippen LogP contribution in [0.25, 0.3) is 5.57 Å². The van der Waals surface area contributed by atoms with Gasteiger partial charge in [0.25, 0.3) is 0 Å². The molecular weight excluding hydrogens is 430 g/mol. The van der Waals surface area contributed by atoms with Gasteiger partial charge in [-0.3, -0.25) is 9.59 Å². The van der Waals surface area contributed by atoms with E-state index in [1.807, 2.05) is 32.9 Å². The van der Waals surface area contributed by atoms with Crippen LogP contribution in [0.4, 0.5) is 8.78 Å². The molecule has 0 saturated carbocycles. The van der Waals surface area contributed by atoms with E-state index in [-0.39, 0.29) is 16.9 Å². The van der Waals surface area contributed by atoms with E-state index in [9.17, 15) is 28.6 Å². The lowest BCUT2D eigenvalue weighted by Crippen LogP contribution is -2.44. The molecule has 5 nitrogen and oxygen atoms in total. The van der Waals surface area contributed by atoms with Crippen molar-refractivity contribution in [3.05, 3.63) is 76.0 Å². The number of benzene rings is 2. The zero-order chi connectivity index (χ0) is 24.2. The summed E-state index contributed by atoms with van der Waals surface area (Å²) < 4.78 is 33.5. The average molecular weight is 456 g/mol. The monoisotopic (exact) mass is 456 g/mol. The third kappa shape index (κ3) is 3.64. The molecule has 2 saturated heterocycles. The molecule has 6 atom stereocenters. The highest BCUT2D eigenvalue weighted by Crippen LogP contribution is 2.55. The second-order valence-corrected chi connectivity index (χ2v) is 9.19. The van der Waals surface area contributed by atoms with Crippen LogP contribution in [0.2, 0.25) is 0 Å². The maximum Gasteiger partial charge on any atom is 0.309 e. The van der Waals surface area contributed by atoms with Crippen LogP contribution in [0.15, 0.2) is 36.6 Å². The molecule has 2 bridgehead atoms. The van der Waals surface area contributed by atoms with E-state index in [4.69, 9.17) is 4.74 Å². The fraction of sp³-hybridized carbons (Fsp3) is 0.385. The molecule has 2 aliphatic heterocycles. The summed E-state index contributed by atoms with van der Waals surface area (Å²) in [6.45, 7) is 7.42. The fourth-order valence-corrected chi connectivity index (χ4v) is 5.86. The second-order valence-electron chi connectivity index (χ2n) is 9.19. The maximum absolute atomic E-state index is 14.0. The van der Waals surface area contributed by atoms with E-state index < -0.39 is 53.5 Å². The Bertz CT molecular complexity index is 1150. The van der Waals surface area contributed by atoms with Crippen molar-refractivity contribution < 1.29 is 33.3 Å². The number of aliphatic hydroxyl groups excluding tert-OH is 1. The number of hydrogen-bond acceptors (Lipinski definition) is 4. The molecule has 33 heavy (non-hydrogen) atoms. The van der Waals surface area contributed by atoms with Gasteiger partial charge in [0, 0.05) is 5.92 Å². The van der Waals surface area contributed by atoms with Crippen molar-refractivity contribution in [3.63, 3.8) is 0 Å². The molecule has 0 radical (unpaired) electrons. The number of carboxylic acids is 1. The van der Waals surface area contributed by atoms with Crippen molar-refractivity contribution in [2.24, 2.45) is 17.8 Å². The number of carbonyl (C=O) groups excluding carboxylic acids is 1. The topological polar surface area (TPSA) is 83.8 Å². The summed E-state index contributed by atoms with van der Waals surface area (Å²) in [5, 5.41) is 19.9. The average Bonchev–Trinajstić information content (AvgIpc) is 3.27.